The second-order valence-electron chi connectivity index (χ2n) is 3.36. The number of hydrogen-bond acceptors (Lipinski definition) is 3. The van der Waals surface area contributed by atoms with Gasteiger partial charge in [-0.05, 0) is 24.6 Å². The summed E-state index contributed by atoms with van der Waals surface area (Å²) in [6.45, 7) is 1.90. The van der Waals surface area contributed by atoms with Gasteiger partial charge in [-0.25, -0.2) is 4.79 Å². The van der Waals surface area contributed by atoms with Crippen LogP contribution < -0.4 is 10.1 Å². The highest BCUT2D eigenvalue weighted by Gasteiger charge is 2.05. The Morgan fingerprint density at radius 3 is 2.65 bits per heavy atom. The number of carbonyl (C=O) groups is 2. The molecule has 0 bridgehead atoms. The van der Waals surface area contributed by atoms with Crippen LogP contribution in [0, 0.1) is 6.92 Å². The van der Waals surface area contributed by atoms with Gasteiger partial charge >= 0.3 is 5.97 Å². The van der Waals surface area contributed by atoms with Gasteiger partial charge < -0.3 is 15.2 Å². The molecule has 0 atom stereocenters. The maximum Gasteiger partial charge on any atom is 0.328 e. The maximum absolute atomic E-state index is 11.4. The number of carbonyl (C=O) groups excluding carboxylic acids is 1. The van der Waals surface area contributed by atoms with Crippen LogP contribution in [0.15, 0.2) is 30.4 Å². The molecule has 0 aliphatic carbocycles. The van der Waals surface area contributed by atoms with Crippen molar-refractivity contribution in [2.24, 2.45) is 0 Å². The summed E-state index contributed by atoms with van der Waals surface area (Å²) in [5, 5.41) is 10.9. The zero-order chi connectivity index (χ0) is 12.8. The van der Waals surface area contributed by atoms with Gasteiger partial charge in [-0.3, -0.25) is 4.79 Å². The summed E-state index contributed by atoms with van der Waals surface area (Å²) in [4.78, 5) is 21.6. The number of ether oxygens (including phenoxy) is 1. The van der Waals surface area contributed by atoms with Crippen molar-refractivity contribution in [2.75, 3.05) is 12.4 Å². The number of nitrogens with one attached hydrogen (secondary N) is 1. The fraction of sp³-hybridized carbons (Fsp3) is 0.167. The molecule has 5 heteroatoms. The third kappa shape index (κ3) is 3.98. The van der Waals surface area contributed by atoms with Crippen LogP contribution >= 0.6 is 0 Å². The van der Waals surface area contributed by atoms with E-state index >= 15 is 0 Å². The average Bonchev–Trinajstić information content (AvgIpc) is 2.28. The van der Waals surface area contributed by atoms with E-state index in [-0.39, 0.29) is 0 Å². The Balaban J connectivity index is 2.81. The van der Waals surface area contributed by atoms with E-state index in [0.717, 1.165) is 17.7 Å². The van der Waals surface area contributed by atoms with Crippen molar-refractivity contribution < 1.29 is 19.4 Å². The Kier molecular flexibility index (Phi) is 4.28. The van der Waals surface area contributed by atoms with E-state index in [0.29, 0.717) is 11.4 Å². The van der Waals surface area contributed by atoms with Crippen LogP contribution in [-0.4, -0.2) is 24.1 Å². The van der Waals surface area contributed by atoms with Crippen LogP contribution in [0.3, 0.4) is 0 Å². The molecule has 1 amide bonds. The number of aliphatic carboxylic acids is 1. The molecular weight excluding hydrogens is 222 g/mol. The zero-order valence-electron chi connectivity index (χ0n) is 9.56. The number of benzene rings is 1. The molecule has 0 fully saturated rings. The molecule has 5 nitrogen and oxygen atoms in total. The van der Waals surface area contributed by atoms with E-state index in [1.165, 1.54) is 7.11 Å². The molecule has 1 aromatic rings. The van der Waals surface area contributed by atoms with Crippen molar-refractivity contribution in [1.29, 1.82) is 0 Å². The number of amides is 1. The summed E-state index contributed by atoms with van der Waals surface area (Å²) in [5.74, 6) is -1.16. The van der Waals surface area contributed by atoms with Gasteiger partial charge in [0.05, 0.1) is 12.8 Å². The highest BCUT2D eigenvalue weighted by molar-refractivity contribution is 6.03. The SMILES string of the molecule is COc1cc(C)ccc1NC(=O)/C=C\C(=O)O. The third-order valence-electron chi connectivity index (χ3n) is 1.99. The topological polar surface area (TPSA) is 75.6 Å². The fourth-order valence-corrected chi connectivity index (χ4v) is 1.22. The van der Waals surface area contributed by atoms with Crippen molar-refractivity contribution in [3.05, 3.63) is 35.9 Å². The Morgan fingerprint density at radius 1 is 1.35 bits per heavy atom. The third-order valence-corrected chi connectivity index (χ3v) is 1.99. The van der Waals surface area contributed by atoms with Gasteiger partial charge in [0, 0.05) is 12.2 Å². The lowest BCUT2D eigenvalue weighted by molar-refractivity contribution is -0.131. The number of aryl methyl sites for hydroxylation is 1. The second-order valence-corrected chi connectivity index (χ2v) is 3.36. The van der Waals surface area contributed by atoms with Gasteiger partial charge in [-0.15, -0.1) is 0 Å². The van der Waals surface area contributed by atoms with Gasteiger partial charge in [0.25, 0.3) is 0 Å². The van der Waals surface area contributed by atoms with Crippen LogP contribution in [0.4, 0.5) is 5.69 Å². The van der Waals surface area contributed by atoms with Crippen molar-refractivity contribution in [3.63, 3.8) is 0 Å². The number of methoxy groups -OCH3 is 1. The molecule has 0 saturated carbocycles. The summed E-state index contributed by atoms with van der Waals surface area (Å²) in [6, 6.07) is 5.29. The molecule has 0 saturated heterocycles. The van der Waals surface area contributed by atoms with E-state index in [4.69, 9.17) is 9.84 Å². The van der Waals surface area contributed by atoms with Gasteiger partial charge in [0.1, 0.15) is 5.75 Å². The Morgan fingerprint density at radius 2 is 2.06 bits per heavy atom. The minimum Gasteiger partial charge on any atom is -0.495 e. The second kappa shape index (κ2) is 5.69. The molecule has 0 unspecified atom stereocenters. The fourth-order valence-electron chi connectivity index (χ4n) is 1.22. The van der Waals surface area contributed by atoms with Crippen molar-refractivity contribution in [3.8, 4) is 5.75 Å². The predicted molar refractivity (Wildman–Crippen MR) is 63.1 cm³/mol. The molecule has 1 rings (SSSR count). The van der Waals surface area contributed by atoms with Crippen molar-refractivity contribution >= 4 is 17.6 Å². The van der Waals surface area contributed by atoms with Crippen LogP contribution in [0.1, 0.15) is 5.56 Å². The standard InChI is InChI=1S/C12H13NO4/c1-8-3-4-9(10(7-8)17-2)13-11(14)5-6-12(15)16/h3-7H,1-2H3,(H,13,14)(H,15,16)/b6-5-. The minimum atomic E-state index is -1.17. The monoisotopic (exact) mass is 235 g/mol. The zero-order valence-corrected chi connectivity index (χ0v) is 9.56. The Hall–Kier alpha value is -2.30. The molecule has 17 heavy (non-hydrogen) atoms. The van der Waals surface area contributed by atoms with E-state index in [1.54, 1.807) is 12.1 Å². The normalized spacial score (nSPS) is 10.2. The minimum absolute atomic E-state index is 0.498. The van der Waals surface area contributed by atoms with E-state index in [2.05, 4.69) is 5.32 Å². The lowest BCUT2D eigenvalue weighted by Gasteiger charge is -2.09. The first-order valence-corrected chi connectivity index (χ1v) is 4.89. The van der Waals surface area contributed by atoms with Gasteiger partial charge in [0.2, 0.25) is 5.91 Å². The van der Waals surface area contributed by atoms with E-state index < -0.39 is 11.9 Å². The molecule has 90 valence electrons. The molecular formula is C12H13NO4. The number of carboxylic acids is 1. The smallest absolute Gasteiger partial charge is 0.328 e. The number of hydrogen-bond donors (Lipinski definition) is 2. The van der Waals surface area contributed by atoms with Crippen molar-refractivity contribution in [2.45, 2.75) is 6.92 Å². The lowest BCUT2D eigenvalue weighted by Crippen LogP contribution is -2.09. The van der Waals surface area contributed by atoms with Crippen LogP contribution in [0.2, 0.25) is 0 Å². The average molecular weight is 235 g/mol. The highest BCUT2D eigenvalue weighted by atomic mass is 16.5. The molecule has 0 radical (unpaired) electrons. The van der Waals surface area contributed by atoms with Crippen LogP contribution in [0.5, 0.6) is 5.75 Å². The summed E-state index contributed by atoms with van der Waals surface area (Å²) < 4.78 is 5.10. The summed E-state index contributed by atoms with van der Waals surface area (Å²) in [5.41, 5.74) is 1.50. The Labute approximate surface area is 98.7 Å². The predicted octanol–water partition coefficient (Wildman–Crippen LogP) is 1.58. The maximum atomic E-state index is 11.4. The summed E-state index contributed by atoms with van der Waals surface area (Å²) >= 11 is 0. The first-order valence-electron chi connectivity index (χ1n) is 4.89. The first kappa shape index (κ1) is 12.8. The Bertz CT molecular complexity index is 466. The number of anilines is 1. The van der Waals surface area contributed by atoms with Crippen LogP contribution in [-0.2, 0) is 9.59 Å². The molecule has 0 spiro atoms. The molecule has 2 N–H and O–H groups in total. The first-order chi connectivity index (χ1) is 8.02. The van der Waals surface area contributed by atoms with Crippen molar-refractivity contribution in [1.82, 2.24) is 0 Å². The lowest BCUT2D eigenvalue weighted by atomic mass is 10.2. The van der Waals surface area contributed by atoms with E-state index in [9.17, 15) is 9.59 Å². The van der Waals surface area contributed by atoms with Crippen LogP contribution in [0.25, 0.3) is 0 Å². The van der Waals surface area contributed by atoms with E-state index in [1.807, 2.05) is 13.0 Å². The van der Waals surface area contributed by atoms with Gasteiger partial charge in [-0.2, -0.15) is 0 Å². The molecule has 1 aromatic carbocycles. The largest absolute Gasteiger partial charge is 0.495 e. The summed E-state index contributed by atoms with van der Waals surface area (Å²) in [6.07, 6.45) is 1.72. The quantitative estimate of drug-likeness (QED) is 0.777. The molecule has 0 aliphatic rings. The molecule has 0 heterocycles. The molecule has 0 aromatic heterocycles. The summed E-state index contributed by atoms with van der Waals surface area (Å²) in [7, 11) is 1.50. The number of rotatable bonds is 4. The van der Waals surface area contributed by atoms with Gasteiger partial charge in [0.15, 0.2) is 0 Å². The highest BCUT2D eigenvalue weighted by Crippen LogP contribution is 2.25. The molecule has 0 aliphatic heterocycles. The van der Waals surface area contributed by atoms with Gasteiger partial charge in [-0.1, -0.05) is 6.07 Å². The number of carboxylic acid groups (broad SMARTS) is 1.